The van der Waals surface area contributed by atoms with E-state index < -0.39 is 16.9 Å². The average molecular weight is 258 g/mol. The number of carboxylic acids is 1. The fraction of sp³-hybridized carbons (Fsp3) is 0.846. The second kappa shape index (κ2) is 5.59. The number of urea groups is 1. The number of aliphatic carboxylic acids is 1. The summed E-state index contributed by atoms with van der Waals surface area (Å²) in [6, 6.07) is -0.247. The van der Waals surface area contributed by atoms with Gasteiger partial charge in [-0.05, 0) is 33.6 Å². The van der Waals surface area contributed by atoms with Gasteiger partial charge in [0.05, 0.1) is 11.0 Å². The van der Waals surface area contributed by atoms with Crippen LogP contribution < -0.4 is 5.32 Å². The molecule has 2 amide bonds. The first-order valence-electron chi connectivity index (χ1n) is 6.18. The third-order valence-corrected chi connectivity index (χ3v) is 3.50. The van der Waals surface area contributed by atoms with Gasteiger partial charge in [0.1, 0.15) is 0 Å². The van der Waals surface area contributed by atoms with Crippen molar-refractivity contribution in [2.45, 2.75) is 47.1 Å². The smallest absolute Gasteiger partial charge is 0.317 e. The van der Waals surface area contributed by atoms with E-state index in [9.17, 15) is 14.7 Å². The first kappa shape index (κ1) is 16.7. The maximum Gasteiger partial charge on any atom is 0.317 e. The molecular formula is C13H26N2O3. The van der Waals surface area contributed by atoms with Crippen molar-refractivity contribution >= 4 is 12.0 Å². The van der Waals surface area contributed by atoms with Gasteiger partial charge in [0.25, 0.3) is 0 Å². The molecule has 0 aromatic heterocycles. The van der Waals surface area contributed by atoms with Gasteiger partial charge in [-0.3, -0.25) is 4.79 Å². The molecule has 5 nitrogen and oxygen atoms in total. The lowest BCUT2D eigenvalue weighted by atomic mass is 9.74. The Kier molecular flexibility index (Phi) is 5.20. The molecule has 0 radical (unpaired) electrons. The lowest BCUT2D eigenvalue weighted by molar-refractivity contribution is -0.150. The lowest BCUT2D eigenvalue weighted by Gasteiger charge is -2.39. The number of nitrogens with zero attached hydrogens (tertiary/aromatic N) is 1. The Balaban J connectivity index is 4.78. The average Bonchev–Trinajstić information content (AvgIpc) is 2.14. The fourth-order valence-corrected chi connectivity index (χ4v) is 1.42. The van der Waals surface area contributed by atoms with Crippen molar-refractivity contribution in [3.63, 3.8) is 0 Å². The fourth-order valence-electron chi connectivity index (χ4n) is 1.42. The molecule has 0 aromatic rings. The van der Waals surface area contributed by atoms with Crippen LogP contribution in [-0.2, 0) is 4.79 Å². The summed E-state index contributed by atoms with van der Waals surface area (Å²) in [5.41, 5.74) is -1.87. The molecule has 0 rings (SSSR count). The first-order valence-corrected chi connectivity index (χ1v) is 6.18. The van der Waals surface area contributed by atoms with Crippen molar-refractivity contribution in [3.05, 3.63) is 0 Å². The predicted molar refractivity (Wildman–Crippen MR) is 71.5 cm³/mol. The van der Waals surface area contributed by atoms with Gasteiger partial charge in [-0.15, -0.1) is 0 Å². The molecule has 0 saturated heterocycles. The van der Waals surface area contributed by atoms with Crippen molar-refractivity contribution in [2.75, 3.05) is 13.6 Å². The van der Waals surface area contributed by atoms with Gasteiger partial charge in [-0.1, -0.05) is 13.8 Å². The van der Waals surface area contributed by atoms with E-state index >= 15 is 0 Å². The molecule has 0 fully saturated rings. The van der Waals surface area contributed by atoms with Gasteiger partial charge in [-0.25, -0.2) is 4.79 Å². The van der Waals surface area contributed by atoms with E-state index in [2.05, 4.69) is 5.32 Å². The maximum absolute atomic E-state index is 12.0. The van der Waals surface area contributed by atoms with Crippen molar-refractivity contribution in [3.8, 4) is 0 Å². The second-order valence-electron chi connectivity index (χ2n) is 6.26. The van der Waals surface area contributed by atoms with Crippen LogP contribution in [0.15, 0.2) is 0 Å². The highest BCUT2D eigenvalue weighted by Gasteiger charge is 2.44. The largest absolute Gasteiger partial charge is 0.481 e. The van der Waals surface area contributed by atoms with Crippen LogP contribution in [0.2, 0.25) is 0 Å². The van der Waals surface area contributed by atoms with E-state index in [-0.39, 0.29) is 6.03 Å². The number of carbonyl (C=O) groups is 2. The minimum atomic E-state index is -1.04. The number of rotatable bonds is 5. The number of amides is 2. The van der Waals surface area contributed by atoms with Crippen LogP contribution in [0.25, 0.3) is 0 Å². The summed E-state index contributed by atoms with van der Waals surface area (Å²) < 4.78 is 0. The van der Waals surface area contributed by atoms with E-state index in [0.717, 1.165) is 0 Å². The van der Waals surface area contributed by atoms with Crippen LogP contribution in [0.1, 0.15) is 41.5 Å². The lowest BCUT2D eigenvalue weighted by Crippen LogP contribution is -2.59. The zero-order chi connectivity index (χ0) is 14.7. The molecule has 0 unspecified atom stereocenters. The summed E-state index contributed by atoms with van der Waals surface area (Å²) in [6.07, 6.45) is 0. The summed E-state index contributed by atoms with van der Waals surface area (Å²) in [5.74, 6) is -0.560. The Morgan fingerprint density at radius 1 is 1.22 bits per heavy atom. The molecule has 0 aliphatic rings. The SMILES string of the molecule is CC(C)CN(C)C(=O)NC(C)(C)C(C)(C)C(=O)O. The standard InChI is InChI=1S/C13H26N2O3/c1-9(2)8-15(7)11(18)14-13(5,6)12(3,4)10(16)17/h9H,8H2,1-7H3,(H,14,18)(H,16,17). The maximum atomic E-state index is 12.0. The number of carboxylic acid groups (broad SMARTS) is 1. The Labute approximate surface area is 110 Å². The summed E-state index contributed by atoms with van der Waals surface area (Å²) in [7, 11) is 1.71. The molecule has 0 heterocycles. The van der Waals surface area contributed by atoms with Crippen LogP contribution in [0.4, 0.5) is 4.79 Å². The Morgan fingerprint density at radius 3 is 2.00 bits per heavy atom. The number of carbonyl (C=O) groups excluding carboxylic acids is 1. The van der Waals surface area contributed by atoms with Crippen LogP contribution >= 0.6 is 0 Å². The van der Waals surface area contributed by atoms with Crippen LogP contribution in [0, 0.1) is 11.3 Å². The normalized spacial score (nSPS) is 12.4. The molecule has 0 aromatic carbocycles. The molecule has 18 heavy (non-hydrogen) atoms. The van der Waals surface area contributed by atoms with E-state index in [0.29, 0.717) is 12.5 Å². The molecule has 5 heteroatoms. The Morgan fingerprint density at radius 2 is 1.67 bits per heavy atom. The first-order chi connectivity index (χ1) is 7.91. The third kappa shape index (κ3) is 3.89. The minimum Gasteiger partial charge on any atom is -0.481 e. The Hall–Kier alpha value is -1.26. The highest BCUT2D eigenvalue weighted by Crippen LogP contribution is 2.30. The van der Waals surface area contributed by atoms with E-state index in [4.69, 9.17) is 0 Å². The summed E-state index contributed by atoms with van der Waals surface area (Å²) in [6.45, 7) is 11.3. The summed E-state index contributed by atoms with van der Waals surface area (Å²) in [5, 5.41) is 12.0. The number of nitrogens with one attached hydrogen (secondary N) is 1. The molecule has 0 aliphatic heterocycles. The van der Waals surface area contributed by atoms with Gasteiger partial charge in [-0.2, -0.15) is 0 Å². The summed E-state index contributed by atoms with van der Waals surface area (Å²) >= 11 is 0. The van der Waals surface area contributed by atoms with Crippen molar-refractivity contribution in [2.24, 2.45) is 11.3 Å². The monoisotopic (exact) mass is 258 g/mol. The van der Waals surface area contributed by atoms with Gasteiger partial charge < -0.3 is 15.3 Å². The molecule has 0 aliphatic carbocycles. The van der Waals surface area contributed by atoms with Gasteiger partial charge in [0.15, 0.2) is 0 Å². The summed E-state index contributed by atoms with van der Waals surface area (Å²) in [4.78, 5) is 24.8. The topological polar surface area (TPSA) is 69.6 Å². The zero-order valence-corrected chi connectivity index (χ0v) is 12.5. The zero-order valence-electron chi connectivity index (χ0n) is 12.5. The molecule has 0 saturated carbocycles. The number of hydrogen-bond acceptors (Lipinski definition) is 2. The quantitative estimate of drug-likeness (QED) is 0.794. The van der Waals surface area contributed by atoms with Crippen molar-refractivity contribution in [1.82, 2.24) is 10.2 Å². The van der Waals surface area contributed by atoms with Crippen LogP contribution in [0.3, 0.4) is 0 Å². The highest BCUT2D eigenvalue weighted by atomic mass is 16.4. The molecule has 0 bridgehead atoms. The van der Waals surface area contributed by atoms with E-state index in [1.54, 1.807) is 39.6 Å². The molecular weight excluding hydrogens is 232 g/mol. The highest BCUT2D eigenvalue weighted by molar-refractivity contribution is 5.79. The van der Waals surface area contributed by atoms with Gasteiger partial charge >= 0.3 is 12.0 Å². The van der Waals surface area contributed by atoms with E-state index in [1.165, 1.54) is 0 Å². The van der Waals surface area contributed by atoms with Crippen molar-refractivity contribution < 1.29 is 14.7 Å². The van der Waals surface area contributed by atoms with Gasteiger partial charge in [0.2, 0.25) is 0 Å². The molecule has 106 valence electrons. The predicted octanol–water partition coefficient (Wildman–Crippen LogP) is 2.17. The van der Waals surface area contributed by atoms with Crippen LogP contribution in [0.5, 0.6) is 0 Å². The second-order valence-corrected chi connectivity index (χ2v) is 6.26. The van der Waals surface area contributed by atoms with Gasteiger partial charge in [0, 0.05) is 13.6 Å². The van der Waals surface area contributed by atoms with E-state index in [1.807, 2.05) is 13.8 Å². The minimum absolute atomic E-state index is 0.247. The molecule has 2 N–H and O–H groups in total. The van der Waals surface area contributed by atoms with Crippen molar-refractivity contribution in [1.29, 1.82) is 0 Å². The van der Waals surface area contributed by atoms with Crippen LogP contribution in [-0.4, -0.2) is 41.1 Å². The third-order valence-electron chi connectivity index (χ3n) is 3.50. The Bertz CT molecular complexity index is 322. The molecule has 0 atom stereocenters. The number of hydrogen-bond donors (Lipinski definition) is 2. The molecule has 0 spiro atoms.